The number of carbonyl (C=O) groups is 5. The summed E-state index contributed by atoms with van der Waals surface area (Å²) in [7, 11) is 5.39. The molecule has 12 aliphatic heterocycles. The normalized spacial score (nSPS) is 25.3. The van der Waals surface area contributed by atoms with Crippen LogP contribution in [0, 0.1) is 75.9 Å². The first-order valence-corrected chi connectivity index (χ1v) is 56.9. The van der Waals surface area contributed by atoms with E-state index in [4.69, 9.17) is 14.2 Å². The quantitative estimate of drug-likeness (QED) is 0.0579. The van der Waals surface area contributed by atoms with Crippen molar-refractivity contribution in [2.75, 3.05) is 211 Å². The van der Waals surface area contributed by atoms with Crippen molar-refractivity contribution < 1.29 is 38.2 Å². The van der Waals surface area contributed by atoms with E-state index < -0.39 is 0 Å². The fourth-order valence-corrected chi connectivity index (χ4v) is 24.1. The van der Waals surface area contributed by atoms with Crippen LogP contribution in [0.15, 0.2) is 0 Å². The summed E-state index contributed by atoms with van der Waals surface area (Å²) in [5.41, 5.74) is 0.909. The van der Waals surface area contributed by atoms with Crippen LogP contribution in [0.5, 0.6) is 0 Å². The molecular weight excluding hydrogens is 1690 g/mol. The van der Waals surface area contributed by atoms with Crippen LogP contribution in [0.3, 0.4) is 0 Å². The molecule has 0 aromatic heterocycles. The highest BCUT2D eigenvalue weighted by atomic mass is 16.5. The van der Waals surface area contributed by atoms with Gasteiger partial charge in [0.25, 0.3) is 0 Å². The average molecular weight is 1920 g/mol. The van der Waals surface area contributed by atoms with Gasteiger partial charge in [0.15, 0.2) is 0 Å². The van der Waals surface area contributed by atoms with Crippen LogP contribution in [0.2, 0.25) is 0 Å². The molecule has 136 heavy (non-hydrogen) atoms. The Morgan fingerprint density at radius 1 is 0.294 bits per heavy atom. The molecule has 1 aliphatic carbocycles. The molecule has 0 aromatic rings. The van der Waals surface area contributed by atoms with Gasteiger partial charge in [-0.1, -0.05) is 201 Å². The van der Waals surface area contributed by atoms with Crippen molar-refractivity contribution >= 4 is 29.0 Å². The van der Waals surface area contributed by atoms with Crippen molar-refractivity contribution in [1.82, 2.24) is 58.8 Å². The lowest BCUT2D eigenvalue weighted by Gasteiger charge is -2.60. The molecule has 0 aromatic carbocycles. The first-order chi connectivity index (χ1) is 64.0. The number of rotatable bonds is 37. The van der Waals surface area contributed by atoms with E-state index in [1.165, 1.54) is 233 Å². The number of methoxy groups -OCH3 is 3. The van der Waals surface area contributed by atoms with Gasteiger partial charge in [-0.2, -0.15) is 0 Å². The summed E-state index contributed by atoms with van der Waals surface area (Å²) in [4.78, 5) is 86.6. The highest BCUT2D eigenvalue weighted by Gasteiger charge is 2.52. The van der Waals surface area contributed by atoms with Crippen molar-refractivity contribution in [2.45, 2.75) is 436 Å². The summed E-state index contributed by atoms with van der Waals surface area (Å²) < 4.78 is 15.6. The lowest BCUT2D eigenvalue weighted by molar-refractivity contribution is -0.157. The Balaban J connectivity index is 0.000000506. The van der Waals surface area contributed by atoms with Gasteiger partial charge >= 0.3 is 0 Å². The number of Topliss-reactive ketones (excluding diaryl/α,β-unsaturated/α-hetero) is 4. The number of ketones is 4. The molecule has 12 saturated heterocycles. The fraction of sp³-hybridized carbons (Fsp3) is 0.957. The standard InChI is InChI=1S/C11H20N2O.C11H19NO.3C11H21NO.3C10H21NO.3C10H21N.CH4/c1-9(2)4-12-5-11(6-12)7-13(8-11)10(3)14;1-9(2)6-12-7-11(8-12)4-3-10(13)5-11;3*1-4-11(13)10-6-5-7-12(10)8-9(2)3;3*1-9(2)7-11-6-4-5-10(11)8-12-3;3*1-4-10-6-5-7-11(10)8-9(2)3;/h9H,4-8H2,1-3H3;9H,3-8H2,1-2H3;3*9-10H,4-8H2,1-3H3;3*9-10H,4-8H2,1-3H3;3*9-10H,4-8H2,1-3H3;1H4/t;;2*10-;;2*10-;;2*10-;;/m..10.10.10../s1. The number of carbonyl (C=O) groups excluding carboxylic acids is 5. The third-order valence-electron chi connectivity index (χ3n) is 29.6. The van der Waals surface area contributed by atoms with Crippen LogP contribution in [0.1, 0.15) is 382 Å². The highest BCUT2D eigenvalue weighted by Crippen LogP contribution is 2.44. The van der Waals surface area contributed by atoms with Crippen LogP contribution < -0.4 is 0 Å². The fourth-order valence-electron chi connectivity index (χ4n) is 24.1. The molecule has 0 radical (unpaired) electrons. The monoisotopic (exact) mass is 1920 g/mol. The van der Waals surface area contributed by atoms with Crippen molar-refractivity contribution in [3.63, 3.8) is 0 Å². The minimum Gasteiger partial charge on any atom is -0.383 e. The second kappa shape index (κ2) is 71.2. The zero-order chi connectivity index (χ0) is 101. The van der Waals surface area contributed by atoms with Gasteiger partial charge in [-0.15, -0.1) is 0 Å². The third-order valence-corrected chi connectivity index (χ3v) is 29.6. The zero-order valence-electron chi connectivity index (χ0n) is 95.3. The second-order valence-corrected chi connectivity index (χ2v) is 48.5. The highest BCUT2D eigenvalue weighted by molar-refractivity contribution is 5.85. The van der Waals surface area contributed by atoms with E-state index >= 15 is 0 Å². The number of hydrogen-bond donors (Lipinski definition) is 0. The molecule has 13 aliphatic rings. The minimum absolute atomic E-state index is 0. The van der Waals surface area contributed by atoms with Gasteiger partial charge in [-0.25, -0.2) is 0 Å². The van der Waals surface area contributed by atoms with Crippen LogP contribution in [0.25, 0.3) is 0 Å². The van der Waals surface area contributed by atoms with Gasteiger partial charge in [-0.05, 0) is 265 Å². The number of hydrogen-bond acceptors (Lipinski definition) is 19. The maximum atomic E-state index is 11.6. The van der Waals surface area contributed by atoms with E-state index in [-0.39, 0.29) is 31.5 Å². The maximum Gasteiger partial charge on any atom is 0.219 e. The molecule has 0 N–H and O–H groups in total. The van der Waals surface area contributed by atoms with E-state index in [9.17, 15) is 24.0 Å². The molecule has 20 nitrogen and oxygen atoms in total. The summed E-state index contributed by atoms with van der Waals surface area (Å²) in [5, 5.41) is 0. The van der Waals surface area contributed by atoms with Gasteiger partial charge in [0, 0.05) is 219 Å². The molecule has 12 heterocycles. The first kappa shape index (κ1) is 130. The zero-order valence-corrected chi connectivity index (χ0v) is 95.3. The Morgan fingerprint density at radius 3 is 0.699 bits per heavy atom. The Kier molecular flexibility index (Phi) is 67.9. The summed E-state index contributed by atoms with van der Waals surface area (Å²) in [6.45, 7) is 98.3. The Bertz CT molecular complexity index is 2810. The van der Waals surface area contributed by atoms with E-state index in [1.54, 1.807) is 28.3 Å². The molecule has 804 valence electrons. The number of nitrogens with zero attached hydrogens (tertiary/aromatic N) is 12. The van der Waals surface area contributed by atoms with Gasteiger partial charge in [-0.3, -0.25) is 53.4 Å². The molecular formula is C116H232N12O8. The van der Waals surface area contributed by atoms with Gasteiger partial charge in [0.05, 0.1) is 37.9 Å². The van der Waals surface area contributed by atoms with E-state index in [0.29, 0.717) is 89.1 Å². The van der Waals surface area contributed by atoms with E-state index in [0.717, 1.165) is 176 Å². The van der Waals surface area contributed by atoms with Crippen molar-refractivity contribution in [3.8, 4) is 0 Å². The topological polar surface area (TPSA) is 152 Å². The van der Waals surface area contributed by atoms with Crippen LogP contribution in [-0.4, -0.2) is 354 Å². The number of likely N-dealkylation sites (tertiary alicyclic amines) is 12. The van der Waals surface area contributed by atoms with Crippen LogP contribution in [0.4, 0.5) is 0 Å². The average Bonchev–Trinajstić information content (AvgIpc) is 1.20. The summed E-state index contributed by atoms with van der Waals surface area (Å²) in [6.07, 6.45) is 32.4. The van der Waals surface area contributed by atoms with Gasteiger partial charge < -0.3 is 43.6 Å². The largest absolute Gasteiger partial charge is 0.383 e. The minimum atomic E-state index is 0. The summed E-state index contributed by atoms with van der Waals surface area (Å²) >= 11 is 0. The smallest absolute Gasteiger partial charge is 0.219 e. The van der Waals surface area contributed by atoms with Gasteiger partial charge in [0.2, 0.25) is 5.91 Å². The predicted octanol–water partition coefficient (Wildman–Crippen LogP) is 22.2. The summed E-state index contributed by atoms with van der Waals surface area (Å²) in [6, 6.07) is 5.51. The van der Waals surface area contributed by atoms with Crippen molar-refractivity contribution in [3.05, 3.63) is 0 Å². The molecule has 13 rings (SSSR count). The Morgan fingerprint density at radius 2 is 0.500 bits per heavy atom. The maximum absolute atomic E-state index is 11.6. The van der Waals surface area contributed by atoms with E-state index in [1.807, 2.05) is 25.7 Å². The van der Waals surface area contributed by atoms with Gasteiger partial charge in [0.1, 0.15) is 23.1 Å². The predicted molar refractivity (Wildman–Crippen MR) is 583 cm³/mol. The third kappa shape index (κ3) is 51.1. The lowest BCUT2D eigenvalue weighted by Crippen LogP contribution is -2.72. The number of ether oxygens (including phenoxy) is 3. The molecule has 20 heteroatoms. The van der Waals surface area contributed by atoms with Crippen LogP contribution in [-0.2, 0) is 38.2 Å². The Labute approximate surface area is 844 Å². The SMILES string of the molecule is C.CC(=O)N1CC2(CN(CC(C)C)C2)C1.CC(C)CN1CC2(CCC(=O)C2)C1.CCC(=O)C1CCCN1CC(C)C.CCC(=O)[C@@H]1CCCN1CC(C)C.CCC(=O)[C@H]1CCCN1CC(C)C.CCC1CCCN1CC(C)C.CC[C@@H]1CCCN1CC(C)C.CC[C@H]1CCCN1CC(C)C.COCC1CCCN1CC(C)C.COC[C@@H]1CCCN1CC(C)C.COC[C@H]1CCCN1CC(C)C. The number of amides is 1. The molecule has 0 bridgehead atoms. The lowest BCUT2D eigenvalue weighted by atomic mass is 9.72. The molecule has 1 saturated carbocycles. The van der Waals surface area contributed by atoms with E-state index in [2.05, 4.69) is 227 Å². The molecule has 3 unspecified atom stereocenters. The second-order valence-electron chi connectivity index (χ2n) is 48.5. The van der Waals surface area contributed by atoms with Crippen molar-refractivity contribution in [2.24, 2.45) is 75.9 Å². The van der Waals surface area contributed by atoms with Crippen molar-refractivity contribution in [1.29, 1.82) is 0 Å². The first-order valence-electron chi connectivity index (χ1n) is 56.9. The molecule has 2 spiro atoms. The summed E-state index contributed by atoms with van der Waals surface area (Å²) in [5.74, 6) is 10.4. The van der Waals surface area contributed by atoms with Crippen LogP contribution >= 0.6 is 0 Å². The molecule has 13 fully saturated rings. The molecule has 1 amide bonds. The Hall–Kier alpha value is -2.41. The molecule has 9 atom stereocenters.